The molecule has 2 amide bonds. The maximum absolute atomic E-state index is 13.4. The summed E-state index contributed by atoms with van der Waals surface area (Å²) in [5.41, 5.74) is 1.26. The van der Waals surface area contributed by atoms with Gasteiger partial charge in [-0.05, 0) is 62.4 Å². The van der Waals surface area contributed by atoms with Gasteiger partial charge in [-0.25, -0.2) is 9.37 Å². The van der Waals surface area contributed by atoms with Gasteiger partial charge in [0.25, 0.3) is 11.8 Å². The third kappa shape index (κ3) is 5.91. The Morgan fingerprint density at radius 2 is 1.68 bits per heavy atom. The molecule has 2 heterocycles. The molecule has 1 N–H and O–H groups in total. The van der Waals surface area contributed by atoms with E-state index >= 15 is 0 Å². The number of methoxy groups -OCH3 is 2. The fourth-order valence-electron chi connectivity index (χ4n) is 3.93. The normalized spacial score (nSPS) is 11.1. The highest BCUT2D eigenvalue weighted by molar-refractivity contribution is 6.27. The number of amides is 2. The number of pyridine rings is 2. The summed E-state index contributed by atoms with van der Waals surface area (Å²) >= 11 is 0. The van der Waals surface area contributed by atoms with Crippen LogP contribution >= 0.6 is 0 Å². The summed E-state index contributed by atoms with van der Waals surface area (Å²) in [4.78, 5) is 36.1. The van der Waals surface area contributed by atoms with E-state index in [0.29, 0.717) is 45.3 Å². The molecule has 204 valence electrons. The van der Waals surface area contributed by atoms with Gasteiger partial charge in [0.05, 0.1) is 25.9 Å². The van der Waals surface area contributed by atoms with E-state index in [1.807, 2.05) is 0 Å². The number of benzene rings is 2. The molecule has 0 radical (unpaired) electrons. The lowest BCUT2D eigenvalue weighted by Gasteiger charge is -2.23. The Bertz CT molecular complexity index is 1600. The number of hydrogen-bond donors (Lipinski definition) is 1. The monoisotopic (exact) mass is 542 g/mol. The zero-order valence-corrected chi connectivity index (χ0v) is 22.4. The van der Waals surface area contributed by atoms with Gasteiger partial charge in [0, 0.05) is 29.0 Å². The summed E-state index contributed by atoms with van der Waals surface area (Å²) in [6, 6.07) is 13.7. The van der Waals surface area contributed by atoms with E-state index < -0.39 is 17.6 Å². The number of nitrogens with one attached hydrogen (secondary N) is 1. The molecule has 2 aromatic heterocycles. The molecular weight excluding hydrogens is 515 g/mol. The molecule has 0 aliphatic heterocycles. The molecule has 2 aromatic carbocycles. The number of aromatic nitrogens is 2. The largest absolute Gasteiger partial charge is 0.493 e. The molecule has 40 heavy (non-hydrogen) atoms. The summed E-state index contributed by atoms with van der Waals surface area (Å²) in [5, 5.41) is 3.33. The summed E-state index contributed by atoms with van der Waals surface area (Å²) in [7, 11) is 3.09. The molecule has 0 unspecified atom stereocenters. The van der Waals surface area contributed by atoms with Gasteiger partial charge in [0.15, 0.2) is 11.5 Å². The number of nitrogens with zero attached hydrogens (tertiary/aromatic N) is 3. The Morgan fingerprint density at radius 1 is 0.975 bits per heavy atom. The maximum atomic E-state index is 13.4. The van der Waals surface area contributed by atoms with Crippen molar-refractivity contribution in [3.05, 3.63) is 96.7 Å². The van der Waals surface area contributed by atoms with Crippen LogP contribution in [0.15, 0.2) is 90.9 Å². The Morgan fingerprint density at radius 3 is 2.27 bits per heavy atom. The van der Waals surface area contributed by atoms with Gasteiger partial charge in [0.1, 0.15) is 28.7 Å². The van der Waals surface area contributed by atoms with Gasteiger partial charge >= 0.3 is 0 Å². The first-order chi connectivity index (χ1) is 19.2. The van der Waals surface area contributed by atoms with Crippen LogP contribution in [-0.4, -0.2) is 36.0 Å². The fraction of sp³-hybridized carbons (Fsp3) is 0.133. The molecule has 10 heteroatoms. The molecule has 9 nitrogen and oxygen atoms in total. The lowest BCUT2D eigenvalue weighted by Crippen LogP contribution is -2.34. The lowest BCUT2D eigenvalue weighted by atomic mass is 10.1. The molecule has 0 atom stereocenters. The number of carbonyl (C=O) groups excluding carboxylic acids is 2. The topological polar surface area (TPSA) is 103 Å². The van der Waals surface area contributed by atoms with Crippen molar-refractivity contribution >= 4 is 34.2 Å². The minimum absolute atomic E-state index is 0.137. The Kier molecular flexibility index (Phi) is 8.39. The quantitative estimate of drug-likeness (QED) is 0.156. The lowest BCUT2D eigenvalue weighted by molar-refractivity contribution is -0.119. The Balaban J connectivity index is 1.50. The average Bonchev–Trinajstić information content (AvgIpc) is 2.95. The first-order valence-corrected chi connectivity index (χ1v) is 12.1. The van der Waals surface area contributed by atoms with Crippen molar-refractivity contribution < 1.29 is 28.2 Å². The number of hydrogen-bond acceptors (Lipinski definition) is 7. The highest BCUT2D eigenvalue weighted by atomic mass is 19.1. The third-order valence-electron chi connectivity index (χ3n) is 5.85. The van der Waals surface area contributed by atoms with Crippen LogP contribution in [0.3, 0.4) is 0 Å². The van der Waals surface area contributed by atoms with E-state index in [9.17, 15) is 14.0 Å². The van der Waals surface area contributed by atoms with Gasteiger partial charge in [-0.3, -0.25) is 19.5 Å². The number of fused-ring (bicyclic) bond motifs is 1. The van der Waals surface area contributed by atoms with Crippen LogP contribution in [0.2, 0.25) is 0 Å². The number of carbonyl (C=O) groups is 2. The van der Waals surface area contributed by atoms with Crippen molar-refractivity contribution in [3.8, 4) is 23.0 Å². The first kappa shape index (κ1) is 27.8. The van der Waals surface area contributed by atoms with Crippen molar-refractivity contribution in [1.29, 1.82) is 0 Å². The van der Waals surface area contributed by atoms with Crippen LogP contribution in [0.5, 0.6) is 23.0 Å². The molecule has 0 aliphatic rings. The molecule has 0 spiro atoms. The summed E-state index contributed by atoms with van der Waals surface area (Å²) in [5.74, 6) is 0.488. The van der Waals surface area contributed by atoms with Crippen molar-refractivity contribution in [2.75, 3.05) is 24.4 Å². The number of rotatable bonds is 9. The minimum Gasteiger partial charge on any atom is -0.493 e. The maximum Gasteiger partial charge on any atom is 0.267 e. The second kappa shape index (κ2) is 12.1. The van der Waals surface area contributed by atoms with E-state index in [4.69, 9.17) is 14.2 Å². The summed E-state index contributed by atoms with van der Waals surface area (Å²) < 4.78 is 30.2. The van der Waals surface area contributed by atoms with E-state index in [1.54, 1.807) is 64.6 Å². The zero-order valence-electron chi connectivity index (χ0n) is 22.4. The molecule has 0 bridgehead atoms. The summed E-state index contributed by atoms with van der Waals surface area (Å²) in [6.45, 7) is 7.01. The SMILES string of the molecule is C=C(C)N(C(=O)C(=CC)C(=O)Nc1ccc(Oc2ccnc3cc(OC)c(OC)cc23)cn1)c1ccc(F)cc1. The molecule has 0 saturated heterocycles. The minimum atomic E-state index is -0.664. The van der Waals surface area contributed by atoms with Crippen molar-refractivity contribution in [3.63, 3.8) is 0 Å². The molecule has 0 aliphatic carbocycles. The molecule has 0 fully saturated rings. The van der Waals surface area contributed by atoms with Gasteiger partial charge in [-0.2, -0.15) is 0 Å². The van der Waals surface area contributed by atoms with E-state index in [0.717, 1.165) is 0 Å². The molecular formula is C30H27FN4O5. The van der Waals surface area contributed by atoms with E-state index in [-0.39, 0.29) is 11.4 Å². The predicted octanol–water partition coefficient (Wildman–Crippen LogP) is 6.03. The van der Waals surface area contributed by atoms with Crippen molar-refractivity contribution in [2.24, 2.45) is 0 Å². The second-order valence-corrected chi connectivity index (χ2v) is 8.52. The number of halogens is 1. The smallest absolute Gasteiger partial charge is 0.267 e. The highest BCUT2D eigenvalue weighted by Gasteiger charge is 2.25. The van der Waals surface area contributed by atoms with E-state index in [1.165, 1.54) is 41.4 Å². The van der Waals surface area contributed by atoms with Crippen LogP contribution in [-0.2, 0) is 9.59 Å². The van der Waals surface area contributed by atoms with Crippen LogP contribution in [0, 0.1) is 5.82 Å². The van der Waals surface area contributed by atoms with Crippen molar-refractivity contribution in [1.82, 2.24) is 9.97 Å². The standard InChI is InChI=1S/C30H27FN4O5/c1-6-22(30(37)35(18(2)3)20-9-7-19(31)8-10-20)29(36)34-28-12-11-21(17-33-28)40-25-13-14-32-24-16-27(39-5)26(38-4)15-23(24)25/h6-17H,2H2,1,3-5H3,(H,33,34,36). The van der Waals surface area contributed by atoms with Gasteiger partial charge in [-0.15, -0.1) is 0 Å². The third-order valence-corrected chi connectivity index (χ3v) is 5.85. The number of anilines is 2. The van der Waals surface area contributed by atoms with E-state index in [2.05, 4.69) is 21.9 Å². The van der Waals surface area contributed by atoms with Crippen molar-refractivity contribution in [2.45, 2.75) is 13.8 Å². The van der Waals surface area contributed by atoms with Crippen LogP contribution in [0.4, 0.5) is 15.9 Å². The first-order valence-electron chi connectivity index (χ1n) is 12.1. The zero-order chi connectivity index (χ0) is 28.8. The Labute approximate surface area is 230 Å². The molecule has 4 aromatic rings. The van der Waals surface area contributed by atoms with Gasteiger partial charge in [-0.1, -0.05) is 12.7 Å². The average molecular weight is 543 g/mol. The van der Waals surface area contributed by atoms with Gasteiger partial charge < -0.3 is 19.5 Å². The second-order valence-electron chi connectivity index (χ2n) is 8.52. The number of ether oxygens (including phenoxy) is 3. The molecule has 0 saturated carbocycles. The fourth-order valence-corrected chi connectivity index (χ4v) is 3.93. The number of allylic oxidation sites excluding steroid dienone is 2. The molecule has 4 rings (SSSR count). The Hall–Kier alpha value is -5.25. The van der Waals surface area contributed by atoms with Crippen LogP contribution in [0.1, 0.15) is 13.8 Å². The predicted molar refractivity (Wildman–Crippen MR) is 150 cm³/mol. The van der Waals surface area contributed by atoms with Crippen LogP contribution < -0.4 is 24.4 Å². The summed E-state index contributed by atoms with van der Waals surface area (Å²) in [6.07, 6.45) is 4.45. The van der Waals surface area contributed by atoms with Gasteiger partial charge in [0.2, 0.25) is 0 Å². The van der Waals surface area contributed by atoms with Crippen LogP contribution in [0.25, 0.3) is 10.9 Å². The highest BCUT2D eigenvalue weighted by Crippen LogP contribution is 2.36.